The fourth-order valence-electron chi connectivity index (χ4n) is 4.57. The molecule has 3 aromatic carbocycles. The van der Waals surface area contributed by atoms with E-state index in [9.17, 15) is 0 Å². The second-order valence-corrected chi connectivity index (χ2v) is 8.10. The van der Waals surface area contributed by atoms with Crippen molar-refractivity contribution < 1.29 is 0 Å². The van der Waals surface area contributed by atoms with E-state index in [1.165, 1.54) is 29.5 Å². The minimum Gasteiger partial charge on any atom is -0.317 e. The summed E-state index contributed by atoms with van der Waals surface area (Å²) in [7, 11) is 0. The number of nitrogens with one attached hydrogen (secondary N) is 1. The molecule has 29 heavy (non-hydrogen) atoms. The zero-order chi connectivity index (χ0) is 19.7. The zero-order valence-electron chi connectivity index (χ0n) is 17.2. The molecule has 0 aliphatic carbocycles. The van der Waals surface area contributed by atoms with Gasteiger partial charge in [0.15, 0.2) is 0 Å². The molecule has 0 bridgehead atoms. The van der Waals surface area contributed by atoms with Gasteiger partial charge in [-0.3, -0.25) is 4.90 Å². The van der Waals surface area contributed by atoms with Crippen molar-refractivity contribution in [2.24, 2.45) is 0 Å². The van der Waals surface area contributed by atoms with Crippen LogP contribution in [0.1, 0.15) is 41.9 Å². The van der Waals surface area contributed by atoms with Gasteiger partial charge >= 0.3 is 0 Å². The number of rotatable bonds is 8. The average molecular weight is 385 g/mol. The van der Waals surface area contributed by atoms with Crippen LogP contribution >= 0.6 is 0 Å². The molecule has 0 spiro atoms. The Bertz CT molecular complexity index is 787. The molecule has 0 radical (unpaired) electrons. The number of piperidine rings is 1. The van der Waals surface area contributed by atoms with E-state index in [1.54, 1.807) is 0 Å². The SMILES string of the molecule is c1ccc(CN(CCC(c2ccccc2)c2ccccc2)C2CCNCC2)cc1. The van der Waals surface area contributed by atoms with Crippen molar-refractivity contribution in [2.75, 3.05) is 19.6 Å². The molecule has 0 amide bonds. The maximum atomic E-state index is 3.52. The summed E-state index contributed by atoms with van der Waals surface area (Å²) >= 11 is 0. The Hall–Kier alpha value is -2.42. The molecule has 1 saturated heterocycles. The van der Waals surface area contributed by atoms with Crippen LogP contribution in [0.15, 0.2) is 91.0 Å². The summed E-state index contributed by atoms with van der Waals surface area (Å²) in [5, 5.41) is 3.52. The van der Waals surface area contributed by atoms with Crippen molar-refractivity contribution >= 4 is 0 Å². The topological polar surface area (TPSA) is 15.3 Å². The standard InChI is InChI=1S/C27H32N2/c1-4-10-23(11-5-1)22-29(26-16-19-28-20-17-26)21-18-27(24-12-6-2-7-13-24)25-14-8-3-9-15-25/h1-15,26-28H,16-22H2. The highest BCUT2D eigenvalue weighted by molar-refractivity contribution is 5.32. The lowest BCUT2D eigenvalue weighted by molar-refractivity contribution is 0.150. The molecule has 0 unspecified atom stereocenters. The zero-order valence-corrected chi connectivity index (χ0v) is 17.2. The van der Waals surface area contributed by atoms with Crippen molar-refractivity contribution in [1.82, 2.24) is 10.2 Å². The number of hydrogen-bond acceptors (Lipinski definition) is 2. The third-order valence-electron chi connectivity index (χ3n) is 6.16. The van der Waals surface area contributed by atoms with Gasteiger partial charge in [0.1, 0.15) is 0 Å². The molecular weight excluding hydrogens is 352 g/mol. The lowest BCUT2D eigenvalue weighted by atomic mass is 9.88. The van der Waals surface area contributed by atoms with Crippen LogP contribution in [0.3, 0.4) is 0 Å². The lowest BCUT2D eigenvalue weighted by Crippen LogP contribution is -2.43. The molecule has 0 saturated carbocycles. The molecule has 2 heteroatoms. The highest BCUT2D eigenvalue weighted by Crippen LogP contribution is 2.29. The largest absolute Gasteiger partial charge is 0.317 e. The van der Waals surface area contributed by atoms with E-state index in [2.05, 4.69) is 101 Å². The summed E-state index contributed by atoms with van der Waals surface area (Å²) < 4.78 is 0. The van der Waals surface area contributed by atoms with Crippen molar-refractivity contribution in [3.8, 4) is 0 Å². The van der Waals surface area contributed by atoms with E-state index in [0.717, 1.165) is 32.6 Å². The van der Waals surface area contributed by atoms with E-state index in [0.29, 0.717) is 12.0 Å². The van der Waals surface area contributed by atoms with Gasteiger partial charge in [-0.05, 0) is 55.6 Å². The fourth-order valence-corrected chi connectivity index (χ4v) is 4.57. The summed E-state index contributed by atoms with van der Waals surface area (Å²) in [6, 6.07) is 33.6. The third-order valence-corrected chi connectivity index (χ3v) is 6.16. The van der Waals surface area contributed by atoms with Crippen molar-refractivity contribution in [3.63, 3.8) is 0 Å². The van der Waals surface area contributed by atoms with Crippen LogP contribution in [0.5, 0.6) is 0 Å². The minimum absolute atomic E-state index is 0.442. The van der Waals surface area contributed by atoms with E-state index >= 15 is 0 Å². The monoisotopic (exact) mass is 384 g/mol. The van der Waals surface area contributed by atoms with E-state index in [-0.39, 0.29) is 0 Å². The molecule has 0 aromatic heterocycles. The molecule has 4 rings (SSSR count). The molecule has 1 heterocycles. The van der Waals surface area contributed by atoms with Crippen LogP contribution in [0.2, 0.25) is 0 Å². The fraction of sp³-hybridized carbons (Fsp3) is 0.333. The second-order valence-electron chi connectivity index (χ2n) is 8.10. The first-order valence-corrected chi connectivity index (χ1v) is 11.0. The summed E-state index contributed by atoms with van der Waals surface area (Å²) in [6.45, 7) is 4.43. The smallest absolute Gasteiger partial charge is 0.0236 e. The molecule has 1 aliphatic heterocycles. The van der Waals surface area contributed by atoms with Crippen LogP contribution < -0.4 is 5.32 Å². The van der Waals surface area contributed by atoms with E-state index < -0.39 is 0 Å². The predicted octanol–water partition coefficient (Wildman–Crippen LogP) is 5.46. The molecule has 1 fully saturated rings. The van der Waals surface area contributed by atoms with Gasteiger partial charge in [0.25, 0.3) is 0 Å². The van der Waals surface area contributed by atoms with Crippen LogP contribution in [-0.2, 0) is 6.54 Å². The van der Waals surface area contributed by atoms with Gasteiger partial charge in [-0.1, -0.05) is 91.0 Å². The van der Waals surface area contributed by atoms with Gasteiger partial charge in [-0.15, -0.1) is 0 Å². The Morgan fingerprint density at radius 3 is 1.79 bits per heavy atom. The molecular formula is C27H32N2. The minimum atomic E-state index is 0.442. The van der Waals surface area contributed by atoms with Gasteiger partial charge in [0.05, 0.1) is 0 Å². The first-order valence-electron chi connectivity index (χ1n) is 11.0. The second kappa shape index (κ2) is 10.4. The molecule has 1 N–H and O–H groups in total. The van der Waals surface area contributed by atoms with Gasteiger partial charge in [0, 0.05) is 18.5 Å². The Morgan fingerprint density at radius 1 is 0.724 bits per heavy atom. The first-order chi connectivity index (χ1) is 14.4. The Kier molecular flexibility index (Phi) is 7.12. The number of benzene rings is 3. The third kappa shape index (κ3) is 5.56. The van der Waals surface area contributed by atoms with Crippen molar-refractivity contribution in [3.05, 3.63) is 108 Å². The quantitative estimate of drug-likeness (QED) is 0.554. The Balaban J connectivity index is 1.53. The van der Waals surface area contributed by atoms with Crippen LogP contribution in [0, 0.1) is 0 Å². The molecule has 0 atom stereocenters. The van der Waals surface area contributed by atoms with Crippen molar-refractivity contribution in [2.45, 2.75) is 37.8 Å². The average Bonchev–Trinajstić information content (AvgIpc) is 2.81. The maximum absolute atomic E-state index is 3.52. The van der Waals surface area contributed by atoms with Crippen LogP contribution in [0.25, 0.3) is 0 Å². The van der Waals surface area contributed by atoms with Crippen LogP contribution in [0.4, 0.5) is 0 Å². The predicted molar refractivity (Wildman–Crippen MR) is 122 cm³/mol. The maximum Gasteiger partial charge on any atom is 0.0236 e. The van der Waals surface area contributed by atoms with E-state index in [4.69, 9.17) is 0 Å². The summed E-state index contributed by atoms with van der Waals surface area (Å²) in [6.07, 6.45) is 3.63. The molecule has 3 aromatic rings. The van der Waals surface area contributed by atoms with Gasteiger partial charge in [0.2, 0.25) is 0 Å². The number of nitrogens with zero attached hydrogens (tertiary/aromatic N) is 1. The van der Waals surface area contributed by atoms with E-state index in [1.807, 2.05) is 0 Å². The molecule has 150 valence electrons. The molecule has 1 aliphatic rings. The van der Waals surface area contributed by atoms with Gasteiger partial charge < -0.3 is 5.32 Å². The summed E-state index contributed by atoms with van der Waals surface area (Å²) in [5.74, 6) is 0.442. The first kappa shape index (κ1) is 19.9. The van der Waals surface area contributed by atoms with Crippen LogP contribution in [-0.4, -0.2) is 30.6 Å². The lowest BCUT2D eigenvalue weighted by Gasteiger charge is -2.36. The normalized spacial score (nSPS) is 15.1. The highest BCUT2D eigenvalue weighted by Gasteiger charge is 2.23. The van der Waals surface area contributed by atoms with Gasteiger partial charge in [-0.2, -0.15) is 0 Å². The van der Waals surface area contributed by atoms with Gasteiger partial charge in [-0.25, -0.2) is 0 Å². The van der Waals surface area contributed by atoms with Crippen molar-refractivity contribution in [1.29, 1.82) is 0 Å². The summed E-state index contributed by atoms with van der Waals surface area (Å²) in [4.78, 5) is 2.73. The Morgan fingerprint density at radius 2 is 1.24 bits per heavy atom. The molecule has 2 nitrogen and oxygen atoms in total. The Labute approximate surface area is 175 Å². The number of hydrogen-bond donors (Lipinski definition) is 1. The summed E-state index contributed by atoms with van der Waals surface area (Å²) in [5.41, 5.74) is 4.26. The highest BCUT2D eigenvalue weighted by atomic mass is 15.2.